The zero-order valence-corrected chi connectivity index (χ0v) is 15.1. The van der Waals surface area contributed by atoms with Crippen molar-refractivity contribution in [3.63, 3.8) is 0 Å². The van der Waals surface area contributed by atoms with Gasteiger partial charge in [0, 0.05) is 19.2 Å². The molecule has 0 unspecified atom stereocenters. The van der Waals surface area contributed by atoms with Crippen LogP contribution < -0.4 is 16.0 Å². The third kappa shape index (κ3) is 4.03. The number of alkyl halides is 6. The number of nitrogens with zero attached hydrogens (tertiary/aromatic N) is 4. The summed E-state index contributed by atoms with van der Waals surface area (Å²) >= 11 is 5.87. The zero-order valence-electron chi connectivity index (χ0n) is 14.4. The SMILES string of the molecule is Cn1c(C(F)(F)F)cc(=O)n(-c2ccc(Cl)c(Oc3nnc(C(F)(F)F)o3)c2)c1=O. The minimum absolute atomic E-state index is 0.192. The number of ether oxygens (including phenoxy) is 1. The van der Waals surface area contributed by atoms with Crippen LogP contribution in [0.3, 0.4) is 0 Å². The first-order valence-corrected chi connectivity index (χ1v) is 7.95. The summed E-state index contributed by atoms with van der Waals surface area (Å²) in [6, 6.07) is 3.34. The van der Waals surface area contributed by atoms with Crippen LogP contribution in [0.1, 0.15) is 11.6 Å². The highest BCUT2D eigenvalue weighted by molar-refractivity contribution is 6.32. The summed E-state index contributed by atoms with van der Waals surface area (Å²) in [6.07, 6.45) is -10.8. The topological polar surface area (TPSA) is 92.2 Å². The molecule has 0 saturated carbocycles. The number of hydrogen-bond donors (Lipinski definition) is 0. The molecule has 0 saturated heterocycles. The van der Waals surface area contributed by atoms with Crippen LogP contribution in [-0.4, -0.2) is 19.3 Å². The van der Waals surface area contributed by atoms with Gasteiger partial charge < -0.3 is 9.15 Å². The molecule has 160 valence electrons. The van der Waals surface area contributed by atoms with Crippen molar-refractivity contribution in [3.8, 4) is 17.5 Å². The van der Waals surface area contributed by atoms with Gasteiger partial charge in [-0.15, -0.1) is 0 Å². The number of benzene rings is 1. The molecule has 0 N–H and O–H groups in total. The molecule has 2 heterocycles. The predicted molar refractivity (Wildman–Crippen MR) is 86.7 cm³/mol. The lowest BCUT2D eigenvalue weighted by molar-refractivity contribution is -0.157. The van der Waals surface area contributed by atoms with E-state index >= 15 is 0 Å². The summed E-state index contributed by atoms with van der Waals surface area (Å²) in [6.45, 7) is 0. The Bertz CT molecular complexity index is 1230. The highest BCUT2D eigenvalue weighted by atomic mass is 35.5. The van der Waals surface area contributed by atoms with Gasteiger partial charge in [0.1, 0.15) is 5.69 Å². The Balaban J connectivity index is 2.06. The zero-order chi connectivity index (χ0) is 22.4. The minimum atomic E-state index is -4.95. The molecular formula is C15H7ClF6N4O4. The van der Waals surface area contributed by atoms with Crippen molar-refractivity contribution in [2.45, 2.75) is 12.4 Å². The standard InChI is InChI=1S/C15H7ClF6N4O4/c1-25-9(14(17,18)19)5-10(27)26(13(25)28)6-2-3-7(16)8(4-6)29-12-24-23-11(30-12)15(20,21)22/h2-5H,1H3. The second-order valence-corrected chi connectivity index (χ2v) is 6.04. The maximum Gasteiger partial charge on any atom is 0.470 e. The fraction of sp³-hybridized carbons (Fsp3) is 0.200. The summed E-state index contributed by atoms with van der Waals surface area (Å²) in [7, 11) is 0.811. The molecule has 0 atom stereocenters. The van der Waals surface area contributed by atoms with Crippen LogP contribution in [0, 0.1) is 0 Å². The summed E-state index contributed by atoms with van der Waals surface area (Å²) in [5.74, 6) is -2.10. The van der Waals surface area contributed by atoms with Gasteiger partial charge in [-0.25, -0.2) is 9.36 Å². The van der Waals surface area contributed by atoms with E-state index in [0.717, 1.165) is 25.2 Å². The van der Waals surface area contributed by atoms with Crippen LogP contribution in [0.15, 0.2) is 38.3 Å². The maximum atomic E-state index is 12.9. The normalized spacial score (nSPS) is 12.3. The third-order valence-electron chi connectivity index (χ3n) is 3.63. The molecule has 15 heteroatoms. The fourth-order valence-corrected chi connectivity index (χ4v) is 2.46. The Hall–Kier alpha value is -3.29. The first kappa shape index (κ1) is 21.4. The third-order valence-corrected chi connectivity index (χ3v) is 3.94. The van der Waals surface area contributed by atoms with Crippen molar-refractivity contribution in [1.29, 1.82) is 0 Å². The molecule has 0 spiro atoms. The maximum absolute atomic E-state index is 12.9. The number of rotatable bonds is 3. The Morgan fingerprint density at radius 2 is 1.70 bits per heavy atom. The van der Waals surface area contributed by atoms with E-state index in [4.69, 9.17) is 16.3 Å². The molecule has 3 rings (SSSR count). The van der Waals surface area contributed by atoms with E-state index in [1.54, 1.807) is 0 Å². The second-order valence-electron chi connectivity index (χ2n) is 5.63. The van der Waals surface area contributed by atoms with E-state index in [0.29, 0.717) is 4.57 Å². The number of hydrogen-bond acceptors (Lipinski definition) is 6. The first-order chi connectivity index (χ1) is 13.8. The molecule has 0 bridgehead atoms. The van der Waals surface area contributed by atoms with E-state index in [9.17, 15) is 35.9 Å². The van der Waals surface area contributed by atoms with Crippen LogP contribution in [0.4, 0.5) is 26.3 Å². The summed E-state index contributed by atoms with van der Waals surface area (Å²) < 4.78 is 86.2. The van der Waals surface area contributed by atoms with E-state index in [1.165, 1.54) is 0 Å². The Morgan fingerprint density at radius 1 is 1.03 bits per heavy atom. The molecule has 30 heavy (non-hydrogen) atoms. The van der Waals surface area contributed by atoms with Gasteiger partial charge in [-0.3, -0.25) is 9.36 Å². The van der Waals surface area contributed by atoms with Gasteiger partial charge in [-0.1, -0.05) is 21.8 Å². The van der Waals surface area contributed by atoms with Crippen molar-refractivity contribution in [3.05, 3.63) is 61.7 Å². The van der Waals surface area contributed by atoms with E-state index in [2.05, 4.69) is 14.6 Å². The van der Waals surface area contributed by atoms with Crippen LogP contribution in [-0.2, 0) is 19.4 Å². The molecular weight excluding hydrogens is 450 g/mol. The molecule has 8 nitrogen and oxygen atoms in total. The molecule has 1 aromatic carbocycles. The van der Waals surface area contributed by atoms with Crippen LogP contribution in [0.25, 0.3) is 5.69 Å². The number of aromatic nitrogens is 4. The van der Waals surface area contributed by atoms with Gasteiger partial charge in [0.15, 0.2) is 5.75 Å². The smallest absolute Gasteiger partial charge is 0.408 e. The van der Waals surface area contributed by atoms with Crippen LogP contribution in [0.5, 0.6) is 11.8 Å². The van der Waals surface area contributed by atoms with Crippen LogP contribution >= 0.6 is 11.6 Å². The Kier molecular flexibility index (Phi) is 5.14. The molecule has 0 fully saturated rings. The first-order valence-electron chi connectivity index (χ1n) is 7.58. The lowest BCUT2D eigenvalue weighted by Gasteiger charge is -2.14. The van der Waals surface area contributed by atoms with Gasteiger partial charge in [-0.05, 0) is 12.1 Å². The highest BCUT2D eigenvalue weighted by Crippen LogP contribution is 2.34. The van der Waals surface area contributed by atoms with E-state index < -0.39 is 47.0 Å². The van der Waals surface area contributed by atoms with Crippen molar-refractivity contribution in [2.24, 2.45) is 7.05 Å². The van der Waals surface area contributed by atoms with Gasteiger partial charge in [0.05, 0.1) is 10.7 Å². The Labute approximate surface area is 165 Å². The lowest BCUT2D eigenvalue weighted by Crippen LogP contribution is -2.40. The summed E-state index contributed by atoms with van der Waals surface area (Å²) in [4.78, 5) is 24.5. The average molecular weight is 457 g/mol. The second kappa shape index (κ2) is 7.19. The van der Waals surface area contributed by atoms with Gasteiger partial charge in [-0.2, -0.15) is 26.3 Å². The van der Waals surface area contributed by atoms with Gasteiger partial charge >= 0.3 is 30.0 Å². The summed E-state index contributed by atoms with van der Waals surface area (Å²) in [5, 5.41) is 5.58. The molecule has 0 aliphatic carbocycles. The Morgan fingerprint density at radius 3 is 2.27 bits per heavy atom. The molecule has 0 amide bonds. The van der Waals surface area contributed by atoms with Gasteiger partial charge in [0.2, 0.25) is 0 Å². The molecule has 0 aliphatic rings. The fourth-order valence-electron chi connectivity index (χ4n) is 2.30. The molecule has 3 aromatic rings. The molecule has 2 aromatic heterocycles. The predicted octanol–water partition coefficient (Wildman–Crippen LogP) is 3.40. The monoisotopic (exact) mass is 456 g/mol. The quantitative estimate of drug-likeness (QED) is 0.561. The van der Waals surface area contributed by atoms with Gasteiger partial charge in [0.25, 0.3) is 5.56 Å². The largest absolute Gasteiger partial charge is 0.470 e. The number of halogens is 7. The van der Waals surface area contributed by atoms with Crippen molar-refractivity contribution in [2.75, 3.05) is 0 Å². The van der Waals surface area contributed by atoms with Crippen LogP contribution in [0.2, 0.25) is 5.02 Å². The molecule has 0 aliphatic heterocycles. The van der Waals surface area contributed by atoms with Crippen molar-refractivity contribution in [1.82, 2.24) is 19.3 Å². The average Bonchev–Trinajstić information content (AvgIpc) is 3.09. The lowest BCUT2D eigenvalue weighted by atomic mass is 10.3. The van der Waals surface area contributed by atoms with E-state index in [1.807, 2.05) is 0 Å². The van der Waals surface area contributed by atoms with Crippen molar-refractivity contribution >= 4 is 11.6 Å². The molecule has 0 radical (unpaired) electrons. The van der Waals surface area contributed by atoms with E-state index in [-0.39, 0.29) is 21.3 Å². The minimum Gasteiger partial charge on any atom is -0.408 e. The summed E-state index contributed by atoms with van der Waals surface area (Å²) in [5.41, 5.74) is -4.38. The van der Waals surface area contributed by atoms with Crippen molar-refractivity contribution < 1.29 is 35.5 Å². The highest BCUT2D eigenvalue weighted by Gasteiger charge is 2.38.